The maximum Gasteiger partial charge on any atom is 0.333 e. The molecule has 2 nitrogen and oxygen atoms in total. The third kappa shape index (κ3) is 6.65. The Morgan fingerprint density at radius 1 is 1.00 bits per heavy atom. The van der Waals surface area contributed by atoms with Crippen molar-refractivity contribution >= 4 is 14.0 Å². The van der Waals surface area contributed by atoms with Gasteiger partial charge in [-0.05, 0) is 123 Å². The van der Waals surface area contributed by atoms with Crippen LogP contribution in [0.1, 0.15) is 112 Å². The summed E-state index contributed by atoms with van der Waals surface area (Å²) >= 11 is 0. The Labute approximate surface area is 243 Å². The smallest absolute Gasteiger partial charge is 0.333 e. The van der Waals surface area contributed by atoms with Crippen molar-refractivity contribution in [2.45, 2.75) is 138 Å². The quantitative estimate of drug-likeness (QED) is 0.152. The molecule has 3 saturated carbocycles. The van der Waals surface area contributed by atoms with E-state index in [1.807, 2.05) is 6.92 Å². The highest BCUT2D eigenvalue weighted by Gasteiger charge is 2.60. The molecule has 39 heavy (non-hydrogen) atoms. The molecule has 4 rings (SSSR count). The normalized spacial score (nSPS) is 37.5. The highest BCUT2D eigenvalue weighted by Crippen LogP contribution is 2.68. The third-order valence-corrected chi connectivity index (χ3v) is 13.6. The molecule has 0 aromatic carbocycles. The van der Waals surface area contributed by atoms with Crippen molar-refractivity contribution in [2.75, 3.05) is 6.61 Å². The van der Waals surface area contributed by atoms with Crippen LogP contribution < -0.4 is 0 Å². The lowest BCUT2D eigenvalue weighted by atomic mass is 9.45. The molecule has 0 aromatic heterocycles. The average Bonchev–Trinajstić information content (AvgIpc) is 3.20. The Morgan fingerprint density at radius 3 is 2.38 bits per heavy atom. The fourth-order valence-electron chi connectivity index (χ4n) is 10.2. The van der Waals surface area contributed by atoms with Crippen LogP contribution in [0, 0.1) is 52.3 Å². The molecule has 4 aliphatic rings. The zero-order valence-electron chi connectivity index (χ0n) is 27.2. The molecular formula is C36H62O2Si. The van der Waals surface area contributed by atoms with E-state index in [0.29, 0.717) is 23.4 Å². The molecule has 0 saturated heterocycles. The zero-order chi connectivity index (χ0) is 28.6. The second-order valence-corrected chi connectivity index (χ2v) is 21.9. The van der Waals surface area contributed by atoms with Gasteiger partial charge in [-0.3, -0.25) is 0 Å². The predicted molar refractivity (Wildman–Crippen MR) is 169 cm³/mol. The van der Waals surface area contributed by atoms with E-state index in [4.69, 9.17) is 4.74 Å². The van der Waals surface area contributed by atoms with Crippen molar-refractivity contribution in [1.29, 1.82) is 0 Å². The molecule has 0 spiro atoms. The van der Waals surface area contributed by atoms with E-state index < -0.39 is 8.07 Å². The van der Waals surface area contributed by atoms with Crippen LogP contribution in [-0.2, 0) is 9.53 Å². The molecule has 0 bridgehead atoms. The summed E-state index contributed by atoms with van der Waals surface area (Å²) in [6.45, 7) is 22.2. The summed E-state index contributed by atoms with van der Waals surface area (Å²) < 4.78 is 5.48. The van der Waals surface area contributed by atoms with Gasteiger partial charge >= 0.3 is 5.97 Å². The molecule has 0 aliphatic heterocycles. The molecule has 0 heterocycles. The molecule has 222 valence electrons. The van der Waals surface area contributed by atoms with E-state index in [-0.39, 0.29) is 5.97 Å². The van der Waals surface area contributed by atoms with Crippen molar-refractivity contribution in [3.05, 3.63) is 23.3 Å². The monoisotopic (exact) mass is 554 g/mol. The highest BCUT2D eigenvalue weighted by atomic mass is 28.3. The minimum atomic E-state index is -1.41. The van der Waals surface area contributed by atoms with E-state index >= 15 is 0 Å². The van der Waals surface area contributed by atoms with Crippen LogP contribution in [0.15, 0.2) is 23.3 Å². The van der Waals surface area contributed by atoms with Gasteiger partial charge in [0.15, 0.2) is 0 Å². The first-order valence-corrected chi connectivity index (χ1v) is 20.6. The fraction of sp³-hybridized carbons (Fsp3) is 0.861. The average molecular weight is 555 g/mol. The van der Waals surface area contributed by atoms with Crippen LogP contribution in [0.2, 0.25) is 25.7 Å². The van der Waals surface area contributed by atoms with Crippen LogP contribution in [0.3, 0.4) is 0 Å². The van der Waals surface area contributed by atoms with Crippen LogP contribution >= 0.6 is 0 Å². The SMILES string of the molecule is CCOC(=O)/C(=C/C1=CC2CC[C@H]3[C@@H]4CC[C@H]([C@H](C)CCCC(C)C)[C@@]4(C)CC[C@@H]3[C@@]2(C)CC1)C[Si](C)(C)C. The van der Waals surface area contributed by atoms with Gasteiger partial charge in [0, 0.05) is 13.6 Å². The number of ether oxygens (including phenoxy) is 1. The molecule has 0 aromatic rings. The van der Waals surface area contributed by atoms with E-state index in [9.17, 15) is 4.79 Å². The number of esters is 1. The van der Waals surface area contributed by atoms with Crippen molar-refractivity contribution < 1.29 is 9.53 Å². The second-order valence-electron chi connectivity index (χ2n) is 16.5. The van der Waals surface area contributed by atoms with Crippen LogP contribution in [0.25, 0.3) is 0 Å². The summed E-state index contributed by atoms with van der Waals surface area (Å²) in [4.78, 5) is 12.8. The van der Waals surface area contributed by atoms with Gasteiger partial charge in [0.25, 0.3) is 0 Å². The van der Waals surface area contributed by atoms with Crippen molar-refractivity contribution in [3.8, 4) is 0 Å². The number of hydrogen-bond acceptors (Lipinski definition) is 2. The minimum Gasteiger partial charge on any atom is -0.463 e. The summed E-state index contributed by atoms with van der Waals surface area (Å²) in [5.74, 6) is 6.03. The number of rotatable bonds is 10. The molecule has 8 atom stereocenters. The molecule has 3 fully saturated rings. The number of carbonyl (C=O) groups excluding carboxylic acids is 1. The van der Waals surface area contributed by atoms with Crippen LogP contribution in [0.5, 0.6) is 0 Å². The number of carbonyl (C=O) groups is 1. The van der Waals surface area contributed by atoms with Gasteiger partial charge in [-0.1, -0.05) is 85.2 Å². The molecular weight excluding hydrogens is 492 g/mol. The van der Waals surface area contributed by atoms with Gasteiger partial charge < -0.3 is 4.74 Å². The van der Waals surface area contributed by atoms with Gasteiger partial charge in [-0.25, -0.2) is 4.79 Å². The topological polar surface area (TPSA) is 26.3 Å². The zero-order valence-corrected chi connectivity index (χ0v) is 28.2. The number of allylic oxidation sites excluding steroid dienone is 3. The lowest BCUT2D eigenvalue weighted by molar-refractivity contribution is -0.138. The Bertz CT molecular complexity index is 925. The van der Waals surface area contributed by atoms with Crippen LogP contribution in [-0.4, -0.2) is 20.7 Å². The van der Waals surface area contributed by atoms with E-state index in [0.717, 1.165) is 53.5 Å². The Morgan fingerprint density at radius 2 is 1.72 bits per heavy atom. The van der Waals surface area contributed by atoms with Crippen molar-refractivity contribution in [3.63, 3.8) is 0 Å². The minimum absolute atomic E-state index is 0.0846. The van der Waals surface area contributed by atoms with Gasteiger partial charge in [-0.15, -0.1) is 0 Å². The van der Waals surface area contributed by atoms with E-state index in [1.54, 1.807) is 0 Å². The van der Waals surface area contributed by atoms with Gasteiger partial charge in [0.05, 0.1) is 6.61 Å². The first-order valence-electron chi connectivity index (χ1n) is 16.9. The highest BCUT2D eigenvalue weighted by molar-refractivity contribution is 6.77. The fourth-order valence-corrected chi connectivity index (χ4v) is 11.6. The van der Waals surface area contributed by atoms with Crippen molar-refractivity contribution in [1.82, 2.24) is 0 Å². The lowest BCUT2D eigenvalue weighted by Crippen LogP contribution is -2.52. The third-order valence-electron chi connectivity index (χ3n) is 12.1. The summed E-state index contributed by atoms with van der Waals surface area (Å²) in [5.41, 5.74) is 3.35. The van der Waals surface area contributed by atoms with E-state index in [1.165, 1.54) is 69.8 Å². The van der Waals surface area contributed by atoms with Crippen molar-refractivity contribution in [2.24, 2.45) is 52.3 Å². The largest absolute Gasteiger partial charge is 0.463 e. The maximum absolute atomic E-state index is 12.8. The summed E-state index contributed by atoms with van der Waals surface area (Å²) in [6, 6.07) is 0.910. The van der Waals surface area contributed by atoms with Gasteiger partial charge in [0.2, 0.25) is 0 Å². The molecule has 1 unspecified atom stereocenters. The lowest BCUT2D eigenvalue weighted by Gasteiger charge is -2.60. The molecule has 0 radical (unpaired) electrons. The Hall–Kier alpha value is -0.833. The number of fused-ring (bicyclic) bond motifs is 5. The molecule has 4 aliphatic carbocycles. The summed E-state index contributed by atoms with van der Waals surface area (Å²) in [6.07, 6.45) is 20.2. The molecule has 0 amide bonds. The molecule has 3 heteroatoms. The predicted octanol–water partition coefficient (Wildman–Crippen LogP) is 10.5. The molecule has 0 N–H and O–H groups in total. The second kappa shape index (κ2) is 12.2. The maximum atomic E-state index is 12.8. The summed E-state index contributed by atoms with van der Waals surface area (Å²) in [5, 5.41) is 0. The first-order chi connectivity index (χ1) is 18.3. The summed E-state index contributed by atoms with van der Waals surface area (Å²) in [7, 11) is -1.41. The Balaban J connectivity index is 1.48. The Kier molecular flexibility index (Phi) is 9.72. The standard InChI is InChI=1S/C36H62O2Si/c1-10-38-34(37)28(24-39(7,8)9)22-27-18-20-35(5)29(23-27)14-15-30-32-17-16-31(26(4)13-11-12-25(2)3)36(32,6)21-19-33(30)35/h22-23,25-26,29-33H,10-21,24H2,1-9H3/b28-22+/t26-,29?,30+,31-,32+,33+,35+,36-/m1/s1. The van der Waals surface area contributed by atoms with Gasteiger partial charge in [0.1, 0.15) is 0 Å². The van der Waals surface area contributed by atoms with Gasteiger partial charge in [-0.2, -0.15) is 0 Å². The first kappa shape index (κ1) is 31.1. The van der Waals surface area contributed by atoms with Crippen LogP contribution in [0.4, 0.5) is 0 Å². The van der Waals surface area contributed by atoms with E-state index in [2.05, 4.69) is 66.4 Å². The number of hydrogen-bond donors (Lipinski definition) is 0.